The summed E-state index contributed by atoms with van der Waals surface area (Å²) in [7, 11) is 0. The zero-order valence-corrected chi connectivity index (χ0v) is 9.44. The molecule has 16 heavy (non-hydrogen) atoms. The molecular weight excluding hydrogens is 200 g/mol. The van der Waals surface area contributed by atoms with Crippen LogP contribution in [0, 0.1) is 11.3 Å². The van der Waals surface area contributed by atoms with E-state index < -0.39 is 0 Å². The molecule has 0 bridgehead atoms. The zero-order valence-electron chi connectivity index (χ0n) is 9.44. The number of ether oxygens (including phenoxy) is 1. The number of nitrogens with one attached hydrogen (secondary N) is 1. The molecule has 1 saturated carbocycles. The summed E-state index contributed by atoms with van der Waals surface area (Å²) in [5.41, 5.74) is 1.65. The summed E-state index contributed by atoms with van der Waals surface area (Å²) in [6, 6.07) is 10.3. The monoisotopic (exact) mass is 216 g/mol. The summed E-state index contributed by atoms with van der Waals surface area (Å²) in [5, 5.41) is 12.3. The van der Waals surface area contributed by atoms with E-state index in [2.05, 4.69) is 11.4 Å². The van der Waals surface area contributed by atoms with Crippen LogP contribution in [-0.4, -0.2) is 18.8 Å². The number of nitrogens with zero attached hydrogens (tertiary/aromatic N) is 1. The van der Waals surface area contributed by atoms with Crippen LogP contribution in [0.15, 0.2) is 24.3 Å². The highest BCUT2D eigenvalue weighted by molar-refractivity contribution is 5.57. The van der Waals surface area contributed by atoms with Crippen LogP contribution in [0.1, 0.15) is 25.3 Å². The molecule has 0 aliphatic heterocycles. The van der Waals surface area contributed by atoms with E-state index in [9.17, 15) is 0 Å². The normalized spacial score (nSPS) is 23.2. The Bertz CT molecular complexity index is 391. The molecule has 0 radical (unpaired) electrons. The van der Waals surface area contributed by atoms with Crippen LogP contribution < -0.4 is 5.32 Å². The molecular formula is C13H16N2O. The summed E-state index contributed by atoms with van der Waals surface area (Å²) in [6.45, 7) is 2.80. The van der Waals surface area contributed by atoms with Crippen LogP contribution in [-0.2, 0) is 4.74 Å². The van der Waals surface area contributed by atoms with Gasteiger partial charge in [-0.05, 0) is 31.9 Å². The third-order valence-corrected chi connectivity index (χ3v) is 2.90. The second-order valence-corrected chi connectivity index (χ2v) is 4.05. The molecule has 0 amide bonds. The van der Waals surface area contributed by atoms with E-state index in [0.717, 1.165) is 25.1 Å². The Hall–Kier alpha value is -1.53. The second-order valence-electron chi connectivity index (χ2n) is 4.05. The molecule has 0 spiro atoms. The van der Waals surface area contributed by atoms with Crippen molar-refractivity contribution in [3.05, 3.63) is 29.8 Å². The van der Waals surface area contributed by atoms with Gasteiger partial charge in [-0.3, -0.25) is 0 Å². The van der Waals surface area contributed by atoms with Gasteiger partial charge >= 0.3 is 0 Å². The SMILES string of the molecule is CCOC1CC(Nc2ccccc2C#N)C1. The second kappa shape index (κ2) is 5.00. The van der Waals surface area contributed by atoms with Crippen molar-refractivity contribution in [3.8, 4) is 6.07 Å². The maximum absolute atomic E-state index is 8.94. The topological polar surface area (TPSA) is 45.0 Å². The molecule has 3 nitrogen and oxygen atoms in total. The number of hydrogen-bond donors (Lipinski definition) is 1. The number of anilines is 1. The molecule has 1 N–H and O–H groups in total. The fourth-order valence-corrected chi connectivity index (χ4v) is 1.98. The highest BCUT2D eigenvalue weighted by Gasteiger charge is 2.29. The van der Waals surface area contributed by atoms with Crippen molar-refractivity contribution in [2.24, 2.45) is 0 Å². The maximum Gasteiger partial charge on any atom is 0.101 e. The smallest absolute Gasteiger partial charge is 0.101 e. The first-order chi connectivity index (χ1) is 7.83. The van der Waals surface area contributed by atoms with Gasteiger partial charge in [0.05, 0.1) is 17.4 Å². The molecule has 3 heteroatoms. The summed E-state index contributed by atoms with van der Waals surface area (Å²) in [4.78, 5) is 0. The Balaban J connectivity index is 1.89. The van der Waals surface area contributed by atoms with Crippen molar-refractivity contribution in [3.63, 3.8) is 0 Å². The molecule has 84 valence electrons. The molecule has 1 aliphatic rings. The van der Waals surface area contributed by atoms with Crippen LogP contribution in [0.5, 0.6) is 0 Å². The highest BCUT2D eigenvalue weighted by Crippen LogP contribution is 2.27. The van der Waals surface area contributed by atoms with Crippen molar-refractivity contribution < 1.29 is 4.74 Å². The Kier molecular flexibility index (Phi) is 3.43. The van der Waals surface area contributed by atoms with Gasteiger partial charge in [-0.2, -0.15) is 5.26 Å². The third kappa shape index (κ3) is 2.34. The minimum Gasteiger partial charge on any atom is -0.381 e. The van der Waals surface area contributed by atoms with E-state index >= 15 is 0 Å². The summed E-state index contributed by atoms with van der Waals surface area (Å²) < 4.78 is 5.50. The van der Waals surface area contributed by atoms with E-state index in [1.54, 1.807) is 0 Å². The van der Waals surface area contributed by atoms with Crippen LogP contribution >= 0.6 is 0 Å². The van der Waals surface area contributed by atoms with Gasteiger partial charge in [0.1, 0.15) is 6.07 Å². The molecule has 2 rings (SSSR count). The number of rotatable bonds is 4. The van der Waals surface area contributed by atoms with Crippen LogP contribution in [0.25, 0.3) is 0 Å². The lowest BCUT2D eigenvalue weighted by molar-refractivity contribution is 0.00299. The predicted molar refractivity (Wildman–Crippen MR) is 63.2 cm³/mol. The average Bonchev–Trinajstić information content (AvgIpc) is 2.27. The molecule has 1 aliphatic carbocycles. The minimum atomic E-state index is 0.400. The molecule has 0 saturated heterocycles. The molecule has 0 aromatic heterocycles. The van der Waals surface area contributed by atoms with Gasteiger partial charge in [-0.1, -0.05) is 12.1 Å². The average molecular weight is 216 g/mol. The van der Waals surface area contributed by atoms with E-state index in [0.29, 0.717) is 17.7 Å². The van der Waals surface area contributed by atoms with Gasteiger partial charge in [0.25, 0.3) is 0 Å². The largest absolute Gasteiger partial charge is 0.381 e. The van der Waals surface area contributed by atoms with Crippen molar-refractivity contribution in [1.82, 2.24) is 0 Å². The lowest BCUT2D eigenvalue weighted by Gasteiger charge is -2.36. The van der Waals surface area contributed by atoms with Crippen molar-refractivity contribution >= 4 is 5.69 Å². The summed E-state index contributed by atoms with van der Waals surface area (Å²) >= 11 is 0. The molecule has 0 unspecified atom stereocenters. The van der Waals surface area contributed by atoms with Gasteiger partial charge in [0.2, 0.25) is 0 Å². The van der Waals surface area contributed by atoms with E-state index in [1.165, 1.54) is 0 Å². The lowest BCUT2D eigenvalue weighted by atomic mass is 9.89. The lowest BCUT2D eigenvalue weighted by Crippen LogP contribution is -2.40. The molecule has 1 fully saturated rings. The molecule has 0 atom stereocenters. The first-order valence-corrected chi connectivity index (χ1v) is 5.70. The number of benzene rings is 1. The maximum atomic E-state index is 8.94. The number of para-hydroxylation sites is 1. The van der Waals surface area contributed by atoms with Crippen LogP contribution in [0.4, 0.5) is 5.69 Å². The molecule has 1 aromatic carbocycles. The summed E-state index contributed by atoms with van der Waals surface area (Å²) in [6.07, 6.45) is 2.47. The first kappa shape index (κ1) is 11.0. The van der Waals surface area contributed by atoms with Crippen LogP contribution in [0.3, 0.4) is 0 Å². The predicted octanol–water partition coefficient (Wildman–Crippen LogP) is 2.54. The first-order valence-electron chi connectivity index (χ1n) is 5.70. The minimum absolute atomic E-state index is 0.400. The molecule has 1 aromatic rings. The van der Waals surface area contributed by atoms with Crippen molar-refractivity contribution in [2.45, 2.75) is 31.9 Å². The standard InChI is InChI=1S/C13H16N2O/c1-2-16-12-7-11(8-12)15-13-6-4-3-5-10(13)9-14/h3-6,11-12,15H,2,7-8H2,1H3. The van der Waals surface area contributed by atoms with Gasteiger partial charge in [0, 0.05) is 12.6 Å². The van der Waals surface area contributed by atoms with Gasteiger partial charge in [-0.15, -0.1) is 0 Å². The highest BCUT2D eigenvalue weighted by atomic mass is 16.5. The third-order valence-electron chi connectivity index (χ3n) is 2.90. The Morgan fingerprint density at radius 2 is 2.19 bits per heavy atom. The van der Waals surface area contributed by atoms with Crippen LogP contribution in [0.2, 0.25) is 0 Å². The Morgan fingerprint density at radius 3 is 2.88 bits per heavy atom. The van der Waals surface area contributed by atoms with Crippen molar-refractivity contribution in [1.29, 1.82) is 5.26 Å². The Labute approximate surface area is 96.0 Å². The van der Waals surface area contributed by atoms with Gasteiger partial charge < -0.3 is 10.1 Å². The number of hydrogen-bond acceptors (Lipinski definition) is 3. The van der Waals surface area contributed by atoms with Gasteiger partial charge in [-0.25, -0.2) is 0 Å². The van der Waals surface area contributed by atoms with E-state index in [1.807, 2.05) is 31.2 Å². The fraction of sp³-hybridized carbons (Fsp3) is 0.462. The zero-order chi connectivity index (χ0) is 11.4. The van der Waals surface area contributed by atoms with E-state index in [4.69, 9.17) is 10.00 Å². The van der Waals surface area contributed by atoms with Gasteiger partial charge in [0.15, 0.2) is 0 Å². The number of nitriles is 1. The fourth-order valence-electron chi connectivity index (χ4n) is 1.98. The van der Waals surface area contributed by atoms with Crippen molar-refractivity contribution in [2.75, 3.05) is 11.9 Å². The quantitative estimate of drug-likeness (QED) is 0.841. The summed E-state index contributed by atoms with van der Waals surface area (Å²) in [5.74, 6) is 0. The van der Waals surface area contributed by atoms with E-state index in [-0.39, 0.29) is 0 Å². The Morgan fingerprint density at radius 1 is 1.44 bits per heavy atom. The molecule has 0 heterocycles.